The van der Waals surface area contributed by atoms with Crippen LogP contribution in [0.5, 0.6) is 5.75 Å². The molecule has 172 valence electrons. The lowest BCUT2D eigenvalue weighted by atomic mass is 10.1. The first kappa shape index (κ1) is 23.2. The molecule has 1 atom stereocenters. The summed E-state index contributed by atoms with van der Waals surface area (Å²) in [7, 11) is 1.60. The van der Waals surface area contributed by atoms with Crippen LogP contribution in [0, 0.1) is 18.3 Å². The largest absolute Gasteiger partial charge is 0.497 e. The van der Waals surface area contributed by atoms with Crippen molar-refractivity contribution in [2.24, 2.45) is 0 Å². The Labute approximate surface area is 202 Å². The number of nitrogens with zero attached hydrogens (tertiary/aromatic N) is 2. The van der Waals surface area contributed by atoms with Gasteiger partial charge in [0.15, 0.2) is 0 Å². The summed E-state index contributed by atoms with van der Waals surface area (Å²) in [6.07, 6.45) is 1.96. The van der Waals surface area contributed by atoms with Crippen molar-refractivity contribution < 1.29 is 18.7 Å². The molecule has 0 spiro atoms. The van der Waals surface area contributed by atoms with Crippen molar-refractivity contribution in [2.75, 3.05) is 12.0 Å². The summed E-state index contributed by atoms with van der Waals surface area (Å²) in [5.74, 6) is 0.567. The molecule has 0 bridgehead atoms. The molecular weight excluding hydrogens is 450 g/mol. The van der Waals surface area contributed by atoms with Gasteiger partial charge in [-0.15, -0.1) is 0 Å². The van der Waals surface area contributed by atoms with Gasteiger partial charge in [-0.1, -0.05) is 41.6 Å². The van der Waals surface area contributed by atoms with Crippen LogP contribution in [0.25, 0.3) is 0 Å². The molecular formula is C26H23N3O4S. The monoisotopic (exact) mass is 473 g/mol. The molecule has 8 heteroatoms. The number of anilines is 1. The molecule has 34 heavy (non-hydrogen) atoms. The van der Waals surface area contributed by atoms with E-state index < -0.39 is 11.2 Å². The van der Waals surface area contributed by atoms with E-state index in [9.17, 15) is 14.9 Å². The molecule has 4 rings (SSSR count). The van der Waals surface area contributed by atoms with E-state index in [1.807, 2.05) is 61.5 Å². The van der Waals surface area contributed by atoms with E-state index in [2.05, 4.69) is 5.32 Å². The van der Waals surface area contributed by atoms with Crippen molar-refractivity contribution in [3.05, 3.63) is 94.4 Å². The lowest BCUT2D eigenvalue weighted by Gasteiger charge is -2.19. The van der Waals surface area contributed by atoms with Gasteiger partial charge < -0.3 is 14.5 Å². The Bertz CT molecular complexity index is 1240. The minimum atomic E-state index is -0.559. The number of hydrogen-bond donors (Lipinski definition) is 1. The average Bonchev–Trinajstić information content (AvgIpc) is 3.48. The van der Waals surface area contributed by atoms with Gasteiger partial charge in [-0.3, -0.25) is 14.5 Å². The first-order valence-electron chi connectivity index (χ1n) is 10.7. The van der Waals surface area contributed by atoms with Crippen molar-refractivity contribution in [2.45, 2.75) is 25.1 Å². The van der Waals surface area contributed by atoms with Crippen molar-refractivity contribution in [1.82, 2.24) is 5.32 Å². The summed E-state index contributed by atoms with van der Waals surface area (Å²) >= 11 is 1.23. The van der Waals surface area contributed by atoms with Crippen molar-refractivity contribution in [1.29, 1.82) is 5.26 Å². The van der Waals surface area contributed by atoms with Gasteiger partial charge in [-0.05, 0) is 55.3 Å². The van der Waals surface area contributed by atoms with Crippen molar-refractivity contribution in [3.63, 3.8) is 0 Å². The number of furan rings is 1. The Morgan fingerprint density at radius 2 is 1.91 bits per heavy atom. The zero-order valence-electron chi connectivity index (χ0n) is 18.8. The first-order valence-corrected chi connectivity index (χ1v) is 11.5. The minimum absolute atomic E-state index is 0.109. The van der Waals surface area contributed by atoms with E-state index in [0.717, 1.165) is 16.9 Å². The number of nitrogens with one attached hydrogen (secondary N) is 1. The number of aryl methyl sites for hydroxylation is 1. The van der Waals surface area contributed by atoms with Crippen LogP contribution in [0.2, 0.25) is 0 Å². The Morgan fingerprint density at radius 3 is 2.53 bits per heavy atom. The molecule has 1 saturated heterocycles. The number of rotatable bonds is 7. The molecule has 0 radical (unpaired) electrons. The number of nitriles is 1. The molecule has 0 saturated carbocycles. The van der Waals surface area contributed by atoms with E-state index >= 15 is 0 Å². The van der Waals surface area contributed by atoms with Gasteiger partial charge in [0.1, 0.15) is 28.2 Å². The maximum atomic E-state index is 13.5. The van der Waals surface area contributed by atoms with Crippen molar-refractivity contribution >= 4 is 29.3 Å². The summed E-state index contributed by atoms with van der Waals surface area (Å²) in [6.45, 7) is 2.10. The van der Waals surface area contributed by atoms with Gasteiger partial charge in [-0.2, -0.15) is 5.26 Å². The minimum Gasteiger partial charge on any atom is -0.497 e. The molecule has 1 aliphatic rings. The molecule has 0 unspecified atom stereocenters. The third-order valence-electron chi connectivity index (χ3n) is 5.38. The summed E-state index contributed by atoms with van der Waals surface area (Å²) in [6, 6.07) is 20.4. The van der Waals surface area contributed by atoms with Gasteiger partial charge in [0, 0.05) is 5.69 Å². The molecule has 1 fully saturated rings. The van der Waals surface area contributed by atoms with Gasteiger partial charge in [0.05, 0.1) is 25.2 Å². The molecule has 7 nitrogen and oxygen atoms in total. The van der Waals surface area contributed by atoms with E-state index in [1.165, 1.54) is 22.9 Å². The predicted octanol–water partition coefficient (Wildman–Crippen LogP) is 4.34. The van der Waals surface area contributed by atoms with Crippen LogP contribution in [-0.2, 0) is 22.6 Å². The van der Waals surface area contributed by atoms with Gasteiger partial charge in [0.2, 0.25) is 5.91 Å². The topological polar surface area (TPSA) is 95.6 Å². The standard InChI is InChI=1S/C26H23N3O4S/c1-17-5-9-19(10-6-17)29-25(31)23(14-18-7-11-20(32-2)12-8-18)34-26(29)22(15-27)24(30)28-16-21-4-3-13-33-21/h3-13,23H,14,16H2,1-2H3,(H,28,30)/b26-22+/t23-/m1/s1. The Kier molecular flexibility index (Phi) is 7.04. The molecule has 1 aromatic heterocycles. The number of thioether (sulfide) groups is 1. The lowest BCUT2D eigenvalue weighted by Crippen LogP contribution is -2.32. The van der Waals surface area contributed by atoms with E-state index in [-0.39, 0.29) is 18.0 Å². The number of ether oxygens (including phenoxy) is 1. The number of amides is 2. The summed E-state index contributed by atoms with van der Waals surface area (Å²) in [5.41, 5.74) is 2.50. The van der Waals surface area contributed by atoms with Crippen LogP contribution in [0.4, 0.5) is 5.69 Å². The fourth-order valence-electron chi connectivity index (χ4n) is 3.56. The highest BCUT2D eigenvalue weighted by atomic mass is 32.2. The Hall–Kier alpha value is -3.96. The molecule has 2 amide bonds. The Balaban J connectivity index is 1.66. The number of hydrogen-bond acceptors (Lipinski definition) is 6. The second-order valence-corrected chi connectivity index (χ2v) is 8.91. The third-order valence-corrected chi connectivity index (χ3v) is 6.64. The van der Waals surface area contributed by atoms with Crippen LogP contribution >= 0.6 is 11.8 Å². The zero-order valence-corrected chi connectivity index (χ0v) is 19.6. The molecule has 2 heterocycles. The quantitative estimate of drug-likeness (QED) is 0.405. The summed E-state index contributed by atoms with van der Waals surface area (Å²) in [5, 5.41) is 12.4. The van der Waals surface area contributed by atoms with Gasteiger partial charge >= 0.3 is 0 Å². The maximum absolute atomic E-state index is 13.5. The molecule has 1 aliphatic heterocycles. The van der Waals surface area contributed by atoms with Crippen LogP contribution in [-0.4, -0.2) is 24.2 Å². The normalized spacial score (nSPS) is 16.8. The second-order valence-electron chi connectivity index (χ2n) is 7.72. The van der Waals surface area contributed by atoms with Crippen LogP contribution in [0.1, 0.15) is 16.9 Å². The molecule has 2 aromatic carbocycles. The van der Waals surface area contributed by atoms with Crippen LogP contribution in [0.3, 0.4) is 0 Å². The third kappa shape index (κ3) is 5.00. The smallest absolute Gasteiger partial charge is 0.265 e. The highest BCUT2D eigenvalue weighted by Crippen LogP contribution is 2.42. The molecule has 1 N–H and O–H groups in total. The van der Waals surface area contributed by atoms with Crippen LogP contribution < -0.4 is 15.0 Å². The zero-order chi connectivity index (χ0) is 24.1. The average molecular weight is 474 g/mol. The van der Waals surface area contributed by atoms with Crippen LogP contribution in [0.15, 0.2) is 81.9 Å². The first-order chi connectivity index (χ1) is 16.5. The Morgan fingerprint density at radius 1 is 1.18 bits per heavy atom. The maximum Gasteiger partial charge on any atom is 0.265 e. The van der Waals surface area contributed by atoms with E-state index in [4.69, 9.17) is 9.15 Å². The number of methoxy groups -OCH3 is 1. The van der Waals surface area contributed by atoms with E-state index in [0.29, 0.717) is 22.9 Å². The number of carbonyl (C=O) groups is 2. The summed E-state index contributed by atoms with van der Waals surface area (Å²) < 4.78 is 10.5. The van der Waals surface area contributed by atoms with E-state index in [1.54, 1.807) is 19.2 Å². The predicted molar refractivity (Wildman–Crippen MR) is 130 cm³/mol. The highest BCUT2D eigenvalue weighted by Gasteiger charge is 2.40. The highest BCUT2D eigenvalue weighted by molar-refractivity contribution is 8.05. The molecule has 3 aromatic rings. The van der Waals surface area contributed by atoms with Gasteiger partial charge in [-0.25, -0.2) is 0 Å². The fourth-order valence-corrected chi connectivity index (χ4v) is 4.87. The van der Waals surface area contributed by atoms with Crippen molar-refractivity contribution in [3.8, 4) is 11.8 Å². The SMILES string of the molecule is COc1ccc(C[C@H]2S/C(=C(\C#N)C(=O)NCc3ccco3)N(c3ccc(C)cc3)C2=O)cc1. The fraction of sp³-hybridized carbons (Fsp3) is 0.192. The summed E-state index contributed by atoms with van der Waals surface area (Å²) in [4.78, 5) is 27.9. The second kappa shape index (κ2) is 10.3. The number of carbonyl (C=O) groups excluding carboxylic acids is 2. The molecule has 0 aliphatic carbocycles. The van der Waals surface area contributed by atoms with Gasteiger partial charge in [0.25, 0.3) is 5.91 Å². The number of benzene rings is 2. The lowest BCUT2D eigenvalue weighted by molar-refractivity contribution is -0.117.